The smallest absolute Gasteiger partial charge is 0.308 e. The molecule has 0 unspecified atom stereocenters. The molecule has 0 saturated carbocycles. The van der Waals surface area contributed by atoms with Gasteiger partial charge in [0.25, 0.3) is 0 Å². The first kappa shape index (κ1) is 18.1. The molecule has 10 heteroatoms. The van der Waals surface area contributed by atoms with Crippen molar-refractivity contribution in [2.75, 3.05) is 12.8 Å². The summed E-state index contributed by atoms with van der Waals surface area (Å²) in [5.41, 5.74) is 0. The Morgan fingerprint density at radius 1 is 1.29 bits per heavy atom. The Hall–Kier alpha value is -0.970. The summed E-state index contributed by atoms with van der Waals surface area (Å²) in [4.78, 5) is 11.0. The van der Waals surface area contributed by atoms with E-state index in [9.17, 15) is 21.6 Å². The fourth-order valence-electron chi connectivity index (χ4n) is 1.22. The average Bonchev–Trinajstić information content (AvgIpc) is 2.73. The maximum Gasteiger partial charge on any atom is 0.308 e. The molecule has 1 aromatic heterocycles. The van der Waals surface area contributed by atoms with E-state index in [1.807, 2.05) is 0 Å². The first-order chi connectivity index (χ1) is 9.35. The van der Waals surface area contributed by atoms with Gasteiger partial charge in [0.1, 0.15) is 4.21 Å². The van der Waals surface area contributed by atoms with E-state index in [-0.39, 0.29) is 17.2 Å². The van der Waals surface area contributed by atoms with Crippen LogP contribution in [0.1, 0.15) is 18.7 Å². The maximum absolute atomic E-state index is 12.1. The summed E-state index contributed by atoms with van der Waals surface area (Å²) >= 11 is 0.845. The lowest BCUT2D eigenvalue weighted by molar-refractivity contribution is -0.136. The third kappa shape index (κ3) is 4.77. The van der Waals surface area contributed by atoms with Gasteiger partial charge in [0, 0.05) is 17.7 Å². The van der Waals surface area contributed by atoms with E-state index in [0.717, 1.165) is 17.6 Å². The fraction of sp³-hybridized carbons (Fsp3) is 0.545. The lowest BCUT2D eigenvalue weighted by Crippen LogP contribution is -2.43. The van der Waals surface area contributed by atoms with Gasteiger partial charge in [-0.1, -0.05) is 0 Å². The van der Waals surface area contributed by atoms with Crippen molar-refractivity contribution in [1.82, 2.24) is 4.72 Å². The summed E-state index contributed by atoms with van der Waals surface area (Å²) in [5.74, 6) is -1.05. The van der Waals surface area contributed by atoms with Gasteiger partial charge in [-0.25, -0.2) is 21.6 Å². The molecule has 1 heterocycles. The van der Waals surface area contributed by atoms with Crippen LogP contribution in [-0.2, 0) is 31.1 Å². The molecule has 0 atom stereocenters. The average molecular weight is 355 g/mol. The Balaban J connectivity index is 2.88. The molecular formula is C11H17NO6S3. The second-order valence-electron chi connectivity index (χ2n) is 5.15. The van der Waals surface area contributed by atoms with Gasteiger partial charge in [-0.05, 0) is 26.0 Å². The highest BCUT2D eigenvalue weighted by Crippen LogP contribution is 2.23. The lowest BCUT2D eigenvalue weighted by Gasteiger charge is -2.22. The van der Waals surface area contributed by atoms with Crippen molar-refractivity contribution in [2.45, 2.75) is 29.2 Å². The van der Waals surface area contributed by atoms with Gasteiger partial charge < -0.3 is 5.11 Å². The Kier molecular flexibility index (Phi) is 5.19. The van der Waals surface area contributed by atoms with Gasteiger partial charge in [0.2, 0.25) is 10.0 Å². The van der Waals surface area contributed by atoms with Crippen LogP contribution in [-0.4, -0.2) is 45.5 Å². The highest BCUT2D eigenvalue weighted by molar-refractivity contribution is 7.92. The van der Waals surface area contributed by atoms with E-state index in [0.29, 0.717) is 4.88 Å². The van der Waals surface area contributed by atoms with Gasteiger partial charge in [-0.15, -0.1) is 11.3 Å². The molecule has 0 amide bonds. The summed E-state index contributed by atoms with van der Waals surface area (Å²) < 4.78 is 48.2. The standard InChI is InChI=1S/C11H17NO6S3/c1-11(2,20(3,15)16)7-12-21(17,18)10-5-4-8(19-10)6-9(13)14/h4-5,12H,6-7H2,1-3H3,(H,13,14). The van der Waals surface area contributed by atoms with Gasteiger partial charge in [0.05, 0.1) is 11.2 Å². The van der Waals surface area contributed by atoms with E-state index in [4.69, 9.17) is 5.11 Å². The number of hydrogen-bond acceptors (Lipinski definition) is 6. The van der Waals surface area contributed by atoms with E-state index >= 15 is 0 Å². The van der Waals surface area contributed by atoms with E-state index in [1.165, 1.54) is 26.0 Å². The number of thiophene rings is 1. The van der Waals surface area contributed by atoms with Crippen LogP contribution in [0.15, 0.2) is 16.3 Å². The van der Waals surface area contributed by atoms with Crippen LogP contribution < -0.4 is 4.72 Å². The minimum atomic E-state index is -3.86. The number of nitrogens with one attached hydrogen (secondary N) is 1. The molecule has 120 valence electrons. The fourth-order valence-corrected chi connectivity index (χ4v) is 4.25. The van der Waals surface area contributed by atoms with Crippen molar-refractivity contribution >= 4 is 37.2 Å². The second kappa shape index (κ2) is 6.03. The molecule has 0 aliphatic carbocycles. The lowest BCUT2D eigenvalue weighted by atomic mass is 10.2. The summed E-state index contributed by atoms with van der Waals surface area (Å²) in [5, 5.41) is 8.65. The molecular weight excluding hydrogens is 338 g/mol. The highest BCUT2D eigenvalue weighted by Gasteiger charge is 2.32. The zero-order chi connectivity index (χ0) is 16.5. The zero-order valence-corrected chi connectivity index (χ0v) is 14.2. The summed E-state index contributed by atoms with van der Waals surface area (Å²) in [6, 6.07) is 2.73. The number of rotatable bonds is 7. The summed E-state index contributed by atoms with van der Waals surface area (Å²) in [7, 11) is -7.28. The van der Waals surface area contributed by atoms with Crippen molar-refractivity contribution < 1.29 is 26.7 Å². The molecule has 1 rings (SSSR count). The molecule has 0 fully saturated rings. The minimum Gasteiger partial charge on any atom is -0.481 e. The van der Waals surface area contributed by atoms with Gasteiger partial charge in [-0.3, -0.25) is 4.79 Å². The number of sulfone groups is 1. The van der Waals surface area contributed by atoms with Gasteiger partial charge in [-0.2, -0.15) is 0 Å². The highest BCUT2D eigenvalue weighted by atomic mass is 32.2. The van der Waals surface area contributed by atoms with Gasteiger partial charge >= 0.3 is 5.97 Å². The van der Waals surface area contributed by atoms with Gasteiger partial charge in [0.15, 0.2) is 9.84 Å². The molecule has 1 aromatic rings. The second-order valence-corrected chi connectivity index (χ2v) is 11.0. The topological polar surface area (TPSA) is 118 Å². The molecule has 7 nitrogen and oxygen atoms in total. The third-order valence-corrected chi connectivity index (χ3v) is 8.05. The monoisotopic (exact) mass is 355 g/mol. The van der Waals surface area contributed by atoms with Crippen LogP contribution in [0.3, 0.4) is 0 Å². The minimum absolute atomic E-state index is 0.0388. The van der Waals surface area contributed by atoms with Crippen molar-refractivity contribution in [3.8, 4) is 0 Å². The number of hydrogen-bond donors (Lipinski definition) is 2. The maximum atomic E-state index is 12.1. The predicted octanol–water partition coefficient (Wildman–Crippen LogP) is 0.477. The van der Waals surface area contributed by atoms with Crippen molar-refractivity contribution in [1.29, 1.82) is 0 Å². The molecule has 0 aliphatic heterocycles. The number of carbonyl (C=O) groups is 1. The molecule has 0 aromatic carbocycles. The Bertz CT molecular complexity index is 730. The van der Waals surface area contributed by atoms with E-state index in [2.05, 4.69) is 4.72 Å². The van der Waals surface area contributed by atoms with Crippen LogP contribution in [0.5, 0.6) is 0 Å². The van der Waals surface area contributed by atoms with Crippen LogP contribution in [0.25, 0.3) is 0 Å². The quantitative estimate of drug-likeness (QED) is 0.734. The molecule has 0 saturated heterocycles. The first-order valence-electron chi connectivity index (χ1n) is 5.85. The van der Waals surface area contributed by atoms with Crippen LogP contribution in [0, 0.1) is 0 Å². The predicted molar refractivity (Wildman–Crippen MR) is 79.8 cm³/mol. The van der Waals surface area contributed by atoms with Crippen LogP contribution in [0.4, 0.5) is 0 Å². The van der Waals surface area contributed by atoms with E-state index in [1.54, 1.807) is 0 Å². The summed E-state index contributed by atoms with van der Waals surface area (Å²) in [6.07, 6.45) is 0.784. The third-order valence-electron chi connectivity index (χ3n) is 2.92. The zero-order valence-electron chi connectivity index (χ0n) is 11.8. The first-order valence-corrected chi connectivity index (χ1v) is 10.0. The number of carboxylic acids is 1. The van der Waals surface area contributed by atoms with Crippen LogP contribution >= 0.6 is 11.3 Å². The number of sulfonamides is 1. The summed E-state index contributed by atoms with van der Waals surface area (Å²) in [6.45, 7) is 2.59. The van der Waals surface area contributed by atoms with Crippen LogP contribution in [0.2, 0.25) is 0 Å². The Morgan fingerprint density at radius 2 is 1.86 bits per heavy atom. The van der Waals surface area contributed by atoms with Crippen molar-refractivity contribution in [3.63, 3.8) is 0 Å². The normalized spacial score (nSPS) is 13.3. The molecule has 2 N–H and O–H groups in total. The molecule has 0 radical (unpaired) electrons. The Morgan fingerprint density at radius 3 is 2.33 bits per heavy atom. The molecule has 0 spiro atoms. The molecule has 0 aliphatic rings. The SMILES string of the molecule is CC(C)(CNS(=O)(=O)c1ccc(CC(=O)O)s1)S(C)(=O)=O. The largest absolute Gasteiger partial charge is 0.481 e. The van der Waals surface area contributed by atoms with E-state index < -0.39 is 30.6 Å². The number of carboxylic acid groups (broad SMARTS) is 1. The Labute approximate surface area is 128 Å². The van der Waals surface area contributed by atoms with Crippen molar-refractivity contribution in [2.24, 2.45) is 0 Å². The van der Waals surface area contributed by atoms with Crippen molar-refractivity contribution in [3.05, 3.63) is 17.0 Å². The molecule has 0 bridgehead atoms. The number of aliphatic carboxylic acids is 1. The molecule has 21 heavy (non-hydrogen) atoms.